The van der Waals surface area contributed by atoms with E-state index in [4.69, 9.17) is 14.4 Å². The molecule has 10 aromatic carbocycles. The van der Waals surface area contributed by atoms with E-state index in [9.17, 15) is 0 Å². The summed E-state index contributed by atoms with van der Waals surface area (Å²) in [5, 5.41) is 9.43. The Morgan fingerprint density at radius 2 is 1.00 bits per heavy atom. The summed E-state index contributed by atoms with van der Waals surface area (Å²) in [4.78, 5) is 10.7. The van der Waals surface area contributed by atoms with Crippen LogP contribution in [0.15, 0.2) is 211 Å². The van der Waals surface area contributed by atoms with Crippen molar-refractivity contribution < 1.29 is 4.42 Å². The van der Waals surface area contributed by atoms with Crippen LogP contribution in [-0.4, -0.2) is 9.97 Å². The Labute approximate surface area is 371 Å². The van der Waals surface area contributed by atoms with Gasteiger partial charge in [-0.2, -0.15) is 0 Å². The number of rotatable bonds is 5. The van der Waals surface area contributed by atoms with Gasteiger partial charge in [0.1, 0.15) is 11.2 Å². The number of fused-ring (bicyclic) bond motifs is 10. The minimum absolute atomic E-state index is 0.162. The van der Waals surface area contributed by atoms with Crippen LogP contribution in [0.4, 0.5) is 0 Å². The molecule has 0 bridgehead atoms. The van der Waals surface area contributed by atoms with Crippen LogP contribution in [0, 0.1) is 0 Å². The van der Waals surface area contributed by atoms with E-state index >= 15 is 0 Å². The minimum Gasteiger partial charge on any atom is -0.455 e. The van der Waals surface area contributed by atoms with Crippen molar-refractivity contribution >= 4 is 54.3 Å². The molecule has 2 aromatic heterocycles. The second kappa shape index (κ2) is 13.9. The minimum atomic E-state index is -0.162. The van der Waals surface area contributed by atoms with Crippen molar-refractivity contribution in [1.82, 2.24) is 9.97 Å². The van der Waals surface area contributed by atoms with Gasteiger partial charge < -0.3 is 4.42 Å². The highest BCUT2D eigenvalue weighted by molar-refractivity contribution is 6.15. The molecule has 3 nitrogen and oxygen atoms in total. The summed E-state index contributed by atoms with van der Waals surface area (Å²) in [7, 11) is 0. The number of hydrogen-bond acceptors (Lipinski definition) is 3. The van der Waals surface area contributed by atoms with Gasteiger partial charge in [-0.05, 0) is 108 Å². The lowest BCUT2D eigenvalue weighted by Gasteiger charge is -2.22. The predicted molar refractivity (Wildman–Crippen MR) is 267 cm³/mol. The summed E-state index contributed by atoms with van der Waals surface area (Å²) in [6.07, 6.45) is 0. The van der Waals surface area contributed by atoms with Gasteiger partial charge in [0.15, 0.2) is 5.82 Å². The molecule has 300 valence electrons. The van der Waals surface area contributed by atoms with E-state index in [0.717, 1.165) is 77.5 Å². The molecule has 13 rings (SSSR count). The Balaban J connectivity index is 0.923. The van der Waals surface area contributed by atoms with Crippen LogP contribution in [0.5, 0.6) is 0 Å². The van der Waals surface area contributed by atoms with E-state index in [1.165, 1.54) is 49.4 Å². The maximum atomic E-state index is 6.42. The fraction of sp³-hybridized carbons (Fsp3) is 0.0492. The smallest absolute Gasteiger partial charge is 0.160 e. The number of furan rings is 1. The van der Waals surface area contributed by atoms with E-state index in [1.807, 2.05) is 6.07 Å². The third-order valence-corrected chi connectivity index (χ3v) is 13.7. The quantitative estimate of drug-likeness (QED) is 0.174. The molecule has 2 heterocycles. The molecule has 0 saturated carbocycles. The predicted octanol–water partition coefficient (Wildman–Crippen LogP) is 16.5. The molecule has 0 N–H and O–H groups in total. The molecule has 0 fully saturated rings. The second-order valence-electron chi connectivity index (χ2n) is 17.7. The van der Waals surface area contributed by atoms with E-state index in [1.54, 1.807) is 0 Å². The standard InChI is InChI=1S/C61H40N2O/c1-61(2)53-22-12-21-50(58(53)52-34-41-16-6-7-17-42(41)35-54(52)61)56-36-55(62-60(63-56)40-14-4-3-5-15-40)48-31-30-44(46-19-10-11-20-47(46)48)39-25-23-37(24-26-39)43-28-32-57-51(33-43)49-29-27-38-13-8-9-18-45(38)59(49)64-57/h3-36H,1-2H3. The van der Waals surface area contributed by atoms with Crippen molar-refractivity contribution in [2.24, 2.45) is 0 Å². The van der Waals surface area contributed by atoms with Crippen LogP contribution < -0.4 is 0 Å². The molecule has 0 atom stereocenters. The fourth-order valence-corrected chi connectivity index (χ4v) is 10.4. The van der Waals surface area contributed by atoms with Crippen LogP contribution in [0.25, 0.3) is 122 Å². The highest BCUT2D eigenvalue weighted by atomic mass is 16.3. The molecule has 3 heteroatoms. The lowest BCUT2D eigenvalue weighted by Crippen LogP contribution is -2.14. The van der Waals surface area contributed by atoms with E-state index < -0.39 is 0 Å². The van der Waals surface area contributed by atoms with Gasteiger partial charge in [0, 0.05) is 38.3 Å². The maximum absolute atomic E-state index is 6.42. The average molecular weight is 817 g/mol. The van der Waals surface area contributed by atoms with Gasteiger partial charge in [-0.15, -0.1) is 0 Å². The molecular weight excluding hydrogens is 777 g/mol. The third-order valence-electron chi connectivity index (χ3n) is 13.7. The monoisotopic (exact) mass is 816 g/mol. The summed E-state index contributed by atoms with van der Waals surface area (Å²) in [6, 6.07) is 74.3. The zero-order valence-corrected chi connectivity index (χ0v) is 35.4. The molecular formula is C61H40N2O. The van der Waals surface area contributed by atoms with Gasteiger partial charge in [-0.3, -0.25) is 0 Å². The van der Waals surface area contributed by atoms with Crippen molar-refractivity contribution in [3.05, 3.63) is 217 Å². The molecule has 1 aliphatic carbocycles. The van der Waals surface area contributed by atoms with E-state index in [0.29, 0.717) is 5.82 Å². The Hall–Kier alpha value is -8.14. The molecule has 12 aromatic rings. The Bertz CT molecular complexity index is 3860. The number of aromatic nitrogens is 2. The van der Waals surface area contributed by atoms with Crippen LogP contribution in [0.1, 0.15) is 25.0 Å². The summed E-state index contributed by atoms with van der Waals surface area (Å²) in [6.45, 7) is 4.70. The van der Waals surface area contributed by atoms with Crippen LogP contribution >= 0.6 is 0 Å². The molecule has 64 heavy (non-hydrogen) atoms. The van der Waals surface area contributed by atoms with Crippen LogP contribution in [0.3, 0.4) is 0 Å². The fourth-order valence-electron chi connectivity index (χ4n) is 10.4. The van der Waals surface area contributed by atoms with Gasteiger partial charge in [-0.25, -0.2) is 9.97 Å². The third kappa shape index (κ3) is 5.60. The molecule has 1 aliphatic rings. The van der Waals surface area contributed by atoms with Crippen molar-refractivity contribution in [3.8, 4) is 67.3 Å². The topological polar surface area (TPSA) is 38.9 Å². The molecule has 0 radical (unpaired) electrons. The maximum Gasteiger partial charge on any atom is 0.160 e. The largest absolute Gasteiger partial charge is 0.455 e. The lowest BCUT2D eigenvalue weighted by atomic mass is 9.81. The highest BCUT2D eigenvalue weighted by Gasteiger charge is 2.37. The Morgan fingerprint density at radius 3 is 1.80 bits per heavy atom. The van der Waals surface area contributed by atoms with Gasteiger partial charge >= 0.3 is 0 Å². The first-order chi connectivity index (χ1) is 31.5. The van der Waals surface area contributed by atoms with Crippen molar-refractivity contribution in [1.29, 1.82) is 0 Å². The summed E-state index contributed by atoms with van der Waals surface area (Å²) in [5.74, 6) is 0.709. The molecule has 0 spiro atoms. The number of nitrogens with zero attached hydrogens (tertiary/aromatic N) is 2. The van der Waals surface area contributed by atoms with E-state index in [-0.39, 0.29) is 5.41 Å². The zero-order chi connectivity index (χ0) is 42.5. The van der Waals surface area contributed by atoms with Crippen LogP contribution in [-0.2, 0) is 5.41 Å². The number of benzene rings is 10. The Kier molecular flexibility index (Phi) is 7.95. The van der Waals surface area contributed by atoms with Crippen molar-refractivity contribution in [2.75, 3.05) is 0 Å². The SMILES string of the molecule is CC1(C)c2cc3ccccc3cc2-c2c(-c3cc(-c4ccc(-c5ccc(-c6ccc7oc8c9ccccc9ccc8c7c6)cc5)c5ccccc45)nc(-c4ccccc4)n3)cccc21. The molecule has 0 aliphatic heterocycles. The van der Waals surface area contributed by atoms with Gasteiger partial charge in [-0.1, -0.05) is 184 Å². The number of hydrogen-bond donors (Lipinski definition) is 0. The highest BCUT2D eigenvalue weighted by Crippen LogP contribution is 2.53. The molecule has 0 saturated heterocycles. The van der Waals surface area contributed by atoms with Crippen molar-refractivity contribution in [2.45, 2.75) is 19.3 Å². The van der Waals surface area contributed by atoms with Crippen LogP contribution in [0.2, 0.25) is 0 Å². The summed E-state index contributed by atoms with van der Waals surface area (Å²) < 4.78 is 6.42. The van der Waals surface area contributed by atoms with E-state index in [2.05, 4.69) is 214 Å². The Morgan fingerprint density at radius 1 is 0.359 bits per heavy atom. The lowest BCUT2D eigenvalue weighted by molar-refractivity contribution is 0.661. The summed E-state index contributed by atoms with van der Waals surface area (Å²) in [5.41, 5.74) is 16.5. The average Bonchev–Trinajstić information content (AvgIpc) is 3.84. The first-order valence-electron chi connectivity index (χ1n) is 22.1. The van der Waals surface area contributed by atoms with Gasteiger partial charge in [0.05, 0.1) is 11.4 Å². The van der Waals surface area contributed by atoms with Gasteiger partial charge in [0.25, 0.3) is 0 Å². The normalized spacial score (nSPS) is 13.0. The molecule has 0 unspecified atom stereocenters. The summed E-state index contributed by atoms with van der Waals surface area (Å²) >= 11 is 0. The van der Waals surface area contributed by atoms with Crippen molar-refractivity contribution in [3.63, 3.8) is 0 Å². The first kappa shape index (κ1) is 36.5. The second-order valence-corrected chi connectivity index (χ2v) is 17.7. The molecule has 0 amide bonds. The zero-order valence-electron chi connectivity index (χ0n) is 35.4. The first-order valence-corrected chi connectivity index (χ1v) is 22.1. The van der Waals surface area contributed by atoms with Gasteiger partial charge in [0.2, 0.25) is 0 Å².